The fraction of sp³-hybridized carbons (Fsp3) is 1.00. The molecule has 3 saturated heterocycles. The predicted octanol–water partition coefficient (Wildman–Crippen LogP) is -7.57. The van der Waals surface area contributed by atoms with Gasteiger partial charge in [-0.3, -0.25) is 0 Å². The van der Waals surface area contributed by atoms with E-state index in [0.29, 0.717) is 0 Å². The molecule has 1 unspecified atom stereocenters. The SMILES string of the molecule is OC[C@@H]1O[C@@H](O[C@H]2[C@@H](O)[C@@H](CO)OC(O)[C@@H]2O)[C@@H](O)[C@H](O)[C@@H]1O[C@@H]1O[C@H](CO)[C@H](O)[C@H](O)[C@H]1O. The van der Waals surface area contributed by atoms with Crippen molar-refractivity contribution in [3.63, 3.8) is 0 Å². The van der Waals surface area contributed by atoms with E-state index in [1.54, 1.807) is 0 Å². The predicted molar refractivity (Wildman–Crippen MR) is 101 cm³/mol. The van der Waals surface area contributed by atoms with Crippen LogP contribution in [0.5, 0.6) is 0 Å². The molecular formula is C18H32O16. The summed E-state index contributed by atoms with van der Waals surface area (Å²) in [4.78, 5) is 0. The minimum absolute atomic E-state index is 0.740. The van der Waals surface area contributed by atoms with Gasteiger partial charge in [-0.1, -0.05) is 0 Å². The average Bonchev–Trinajstić information content (AvgIpc) is 2.83. The normalized spacial score (nSPS) is 52.5. The van der Waals surface area contributed by atoms with Crippen LogP contribution in [0.15, 0.2) is 0 Å². The zero-order valence-corrected chi connectivity index (χ0v) is 17.7. The lowest BCUT2D eigenvalue weighted by Crippen LogP contribution is -2.66. The molecule has 16 nitrogen and oxygen atoms in total. The highest BCUT2D eigenvalue weighted by molar-refractivity contribution is 4.96. The second-order valence-electron chi connectivity index (χ2n) is 8.33. The third kappa shape index (κ3) is 5.37. The van der Waals surface area contributed by atoms with Gasteiger partial charge in [0.05, 0.1) is 19.8 Å². The van der Waals surface area contributed by atoms with Gasteiger partial charge < -0.3 is 79.9 Å². The summed E-state index contributed by atoms with van der Waals surface area (Å²) in [7, 11) is 0. The Hall–Kier alpha value is -0.640. The van der Waals surface area contributed by atoms with Gasteiger partial charge in [0.25, 0.3) is 0 Å². The summed E-state index contributed by atoms with van der Waals surface area (Å²) >= 11 is 0. The van der Waals surface area contributed by atoms with Crippen LogP contribution in [-0.2, 0) is 23.7 Å². The van der Waals surface area contributed by atoms with E-state index in [2.05, 4.69) is 0 Å². The van der Waals surface area contributed by atoms with Crippen LogP contribution in [0.2, 0.25) is 0 Å². The van der Waals surface area contributed by atoms with Crippen molar-refractivity contribution in [2.24, 2.45) is 0 Å². The molecule has 16 heteroatoms. The molecular weight excluding hydrogens is 472 g/mol. The molecule has 0 spiro atoms. The van der Waals surface area contributed by atoms with Crippen molar-refractivity contribution >= 4 is 0 Å². The van der Waals surface area contributed by atoms with Crippen LogP contribution in [0.3, 0.4) is 0 Å². The van der Waals surface area contributed by atoms with Crippen LogP contribution in [0.1, 0.15) is 0 Å². The van der Waals surface area contributed by atoms with Gasteiger partial charge in [0.15, 0.2) is 18.9 Å². The smallest absolute Gasteiger partial charge is 0.187 e. The van der Waals surface area contributed by atoms with E-state index in [4.69, 9.17) is 23.7 Å². The average molecular weight is 504 g/mol. The van der Waals surface area contributed by atoms with Gasteiger partial charge in [-0.15, -0.1) is 0 Å². The summed E-state index contributed by atoms with van der Waals surface area (Å²) in [6, 6.07) is 0. The Labute approximate surface area is 192 Å². The summed E-state index contributed by atoms with van der Waals surface area (Å²) in [5, 5.41) is 109. The highest BCUT2D eigenvalue weighted by Crippen LogP contribution is 2.32. The number of hydrogen-bond donors (Lipinski definition) is 11. The van der Waals surface area contributed by atoms with Gasteiger partial charge in [0, 0.05) is 0 Å². The van der Waals surface area contributed by atoms with E-state index in [1.165, 1.54) is 0 Å². The number of ether oxygens (including phenoxy) is 5. The maximum atomic E-state index is 10.6. The fourth-order valence-corrected chi connectivity index (χ4v) is 4.05. The van der Waals surface area contributed by atoms with Gasteiger partial charge in [-0.2, -0.15) is 0 Å². The Morgan fingerprint density at radius 1 is 0.441 bits per heavy atom. The van der Waals surface area contributed by atoms with Crippen LogP contribution in [0.25, 0.3) is 0 Å². The largest absolute Gasteiger partial charge is 0.394 e. The van der Waals surface area contributed by atoms with Crippen molar-refractivity contribution in [3.05, 3.63) is 0 Å². The van der Waals surface area contributed by atoms with Crippen LogP contribution < -0.4 is 0 Å². The standard InChI is InChI=1S/C18H32O16/c19-1-4-7(22)9(24)11(26)17(31-4)33-14-6(3-21)32-18(12(27)10(14)25)34-15-8(23)5(2-20)30-16(29)13(15)28/h4-29H,1-3H2/t4-,5-,6+,7+,8+,9+,10+,11-,12+,13-,14-,15+,16?,17+,18+/m1/s1. The van der Waals surface area contributed by atoms with Gasteiger partial charge in [0.1, 0.15) is 73.2 Å². The van der Waals surface area contributed by atoms with Gasteiger partial charge in [-0.05, 0) is 0 Å². The van der Waals surface area contributed by atoms with Crippen molar-refractivity contribution < 1.29 is 79.9 Å². The molecule has 0 saturated carbocycles. The Morgan fingerprint density at radius 3 is 1.47 bits per heavy atom. The molecule has 0 aromatic heterocycles. The van der Waals surface area contributed by atoms with E-state index in [1.807, 2.05) is 0 Å². The molecule has 15 atom stereocenters. The Bertz CT molecular complexity index is 637. The molecule has 0 amide bonds. The third-order valence-electron chi connectivity index (χ3n) is 6.09. The second kappa shape index (κ2) is 11.6. The molecule has 200 valence electrons. The Balaban J connectivity index is 1.72. The van der Waals surface area contributed by atoms with E-state index in [0.717, 1.165) is 0 Å². The van der Waals surface area contributed by atoms with Crippen molar-refractivity contribution in [2.45, 2.75) is 92.1 Å². The molecule has 0 aromatic carbocycles. The summed E-state index contributed by atoms with van der Waals surface area (Å²) in [6.45, 7) is -2.31. The first-order valence-corrected chi connectivity index (χ1v) is 10.6. The fourth-order valence-electron chi connectivity index (χ4n) is 4.05. The van der Waals surface area contributed by atoms with Gasteiger partial charge >= 0.3 is 0 Å². The second-order valence-corrected chi connectivity index (χ2v) is 8.33. The van der Waals surface area contributed by atoms with E-state index < -0.39 is 112 Å². The van der Waals surface area contributed by atoms with Crippen molar-refractivity contribution in [3.8, 4) is 0 Å². The van der Waals surface area contributed by atoms with Crippen molar-refractivity contribution in [2.75, 3.05) is 19.8 Å². The third-order valence-corrected chi connectivity index (χ3v) is 6.09. The molecule has 0 bridgehead atoms. The zero-order valence-electron chi connectivity index (χ0n) is 17.7. The molecule has 0 aliphatic carbocycles. The molecule has 0 aromatic rings. The first-order chi connectivity index (χ1) is 16.0. The lowest BCUT2D eigenvalue weighted by atomic mass is 9.96. The number of rotatable bonds is 7. The van der Waals surface area contributed by atoms with Crippen LogP contribution in [0, 0.1) is 0 Å². The molecule has 3 aliphatic rings. The lowest BCUT2D eigenvalue weighted by Gasteiger charge is -2.47. The lowest BCUT2D eigenvalue weighted by molar-refractivity contribution is -0.378. The maximum Gasteiger partial charge on any atom is 0.187 e. The first-order valence-electron chi connectivity index (χ1n) is 10.6. The molecule has 3 rings (SSSR count). The van der Waals surface area contributed by atoms with Crippen molar-refractivity contribution in [1.29, 1.82) is 0 Å². The highest BCUT2D eigenvalue weighted by atomic mass is 16.7. The molecule has 0 radical (unpaired) electrons. The molecule has 11 N–H and O–H groups in total. The molecule has 34 heavy (non-hydrogen) atoms. The van der Waals surface area contributed by atoms with Gasteiger partial charge in [-0.25, -0.2) is 0 Å². The van der Waals surface area contributed by atoms with E-state index in [9.17, 15) is 56.2 Å². The minimum Gasteiger partial charge on any atom is -0.394 e. The molecule has 3 fully saturated rings. The maximum absolute atomic E-state index is 10.6. The van der Waals surface area contributed by atoms with E-state index >= 15 is 0 Å². The van der Waals surface area contributed by atoms with Crippen LogP contribution >= 0.6 is 0 Å². The number of aliphatic hydroxyl groups excluding tert-OH is 11. The minimum atomic E-state index is -1.93. The summed E-state index contributed by atoms with van der Waals surface area (Å²) in [6.07, 6.45) is -25.3. The van der Waals surface area contributed by atoms with Crippen LogP contribution in [-0.4, -0.2) is 168 Å². The van der Waals surface area contributed by atoms with Gasteiger partial charge in [0.2, 0.25) is 0 Å². The Kier molecular flexibility index (Phi) is 9.54. The summed E-state index contributed by atoms with van der Waals surface area (Å²) < 4.78 is 26.2. The summed E-state index contributed by atoms with van der Waals surface area (Å²) in [5.41, 5.74) is 0. The summed E-state index contributed by atoms with van der Waals surface area (Å²) in [5.74, 6) is 0. The highest BCUT2D eigenvalue weighted by Gasteiger charge is 2.53. The van der Waals surface area contributed by atoms with Crippen molar-refractivity contribution in [1.82, 2.24) is 0 Å². The number of hydrogen-bond acceptors (Lipinski definition) is 16. The topological polar surface area (TPSA) is 269 Å². The molecule has 3 aliphatic heterocycles. The Morgan fingerprint density at radius 2 is 0.912 bits per heavy atom. The first kappa shape index (κ1) is 27.9. The zero-order chi connectivity index (χ0) is 25.3. The van der Waals surface area contributed by atoms with Crippen LogP contribution in [0.4, 0.5) is 0 Å². The van der Waals surface area contributed by atoms with E-state index in [-0.39, 0.29) is 0 Å². The monoisotopic (exact) mass is 504 g/mol. The quantitative estimate of drug-likeness (QED) is 0.154. The number of aliphatic hydroxyl groups is 11. The molecule has 3 heterocycles.